The van der Waals surface area contributed by atoms with Crippen molar-refractivity contribution in [2.75, 3.05) is 0 Å². The van der Waals surface area contributed by atoms with E-state index in [0.29, 0.717) is 5.92 Å². The summed E-state index contributed by atoms with van der Waals surface area (Å²) in [6.07, 6.45) is 11.7. The summed E-state index contributed by atoms with van der Waals surface area (Å²) in [6.45, 7) is 4.34. The predicted molar refractivity (Wildman–Crippen MR) is 87.0 cm³/mol. The maximum atomic E-state index is 5.50. The van der Waals surface area contributed by atoms with Crippen molar-refractivity contribution in [1.82, 2.24) is 9.38 Å². The zero-order valence-corrected chi connectivity index (χ0v) is 13.2. The van der Waals surface area contributed by atoms with Crippen molar-refractivity contribution in [3.05, 3.63) is 47.5 Å². The lowest BCUT2D eigenvalue weighted by Crippen LogP contribution is -2.09. The molecule has 0 saturated heterocycles. The minimum absolute atomic E-state index is 0.636. The summed E-state index contributed by atoms with van der Waals surface area (Å²) in [5, 5.41) is 0. The van der Waals surface area contributed by atoms with Crippen molar-refractivity contribution >= 4 is 5.65 Å². The molecule has 1 aliphatic carbocycles. The Morgan fingerprint density at radius 2 is 2.05 bits per heavy atom. The smallest absolute Gasteiger partial charge is 0.154 e. The number of nitrogens with zero attached hydrogens (tertiary/aromatic N) is 2. The highest BCUT2D eigenvalue weighted by atomic mass is 16.3. The Balaban J connectivity index is 1.91. The first-order valence-corrected chi connectivity index (χ1v) is 8.20. The van der Waals surface area contributed by atoms with Crippen LogP contribution >= 0.6 is 0 Å². The fourth-order valence-electron chi connectivity index (χ4n) is 3.83. The van der Waals surface area contributed by atoms with Crippen LogP contribution in [0, 0.1) is 20.0 Å². The Labute approximate surface area is 131 Å². The van der Waals surface area contributed by atoms with Crippen molar-refractivity contribution in [2.45, 2.75) is 51.9 Å². The maximum absolute atomic E-state index is 5.50. The van der Waals surface area contributed by atoms with E-state index in [-0.39, 0.29) is 0 Å². The topological polar surface area (TPSA) is 30.4 Å². The third-order valence-corrected chi connectivity index (χ3v) is 4.86. The number of hydrogen-bond donors (Lipinski definition) is 0. The van der Waals surface area contributed by atoms with Gasteiger partial charge in [-0.05, 0) is 56.4 Å². The van der Waals surface area contributed by atoms with Crippen molar-refractivity contribution < 1.29 is 4.42 Å². The summed E-state index contributed by atoms with van der Waals surface area (Å²) in [7, 11) is 0. The van der Waals surface area contributed by atoms with E-state index in [2.05, 4.69) is 30.5 Å². The summed E-state index contributed by atoms with van der Waals surface area (Å²) in [5.41, 5.74) is 5.82. The summed E-state index contributed by atoms with van der Waals surface area (Å²) in [6, 6.07) is 6.11. The van der Waals surface area contributed by atoms with Crippen LogP contribution in [0.15, 0.2) is 28.9 Å². The standard InChI is InChI=1S/C19H21N2O/c1-13-11-14(2)21-12-16(17-9-6-10-22-17)20-19(21)18(13)15-7-4-3-5-8-15/h6,9-11,15H,3-5,7-8H2,1-2H3. The highest BCUT2D eigenvalue weighted by Crippen LogP contribution is 2.37. The highest BCUT2D eigenvalue weighted by Gasteiger charge is 2.23. The molecule has 1 aliphatic rings. The van der Waals surface area contributed by atoms with E-state index >= 15 is 0 Å². The summed E-state index contributed by atoms with van der Waals surface area (Å²) < 4.78 is 7.60. The minimum Gasteiger partial charge on any atom is -0.463 e. The molecule has 1 radical (unpaired) electrons. The van der Waals surface area contributed by atoms with Gasteiger partial charge in [-0.3, -0.25) is 4.40 Å². The molecule has 0 spiro atoms. The van der Waals surface area contributed by atoms with Gasteiger partial charge in [0.1, 0.15) is 17.5 Å². The number of aromatic nitrogens is 2. The van der Waals surface area contributed by atoms with Crippen molar-refractivity contribution in [3.63, 3.8) is 0 Å². The Bertz CT molecular complexity index is 793. The predicted octanol–water partition coefficient (Wildman–Crippen LogP) is 5.06. The molecule has 113 valence electrons. The number of hydrogen-bond acceptors (Lipinski definition) is 2. The SMILES string of the molecule is Cc1cc(C)n2[c]c(-c3ccco3)nc2c1C1CCCCC1. The number of aryl methyl sites for hydroxylation is 2. The Kier molecular flexibility index (Phi) is 3.29. The lowest BCUT2D eigenvalue weighted by atomic mass is 9.82. The van der Waals surface area contributed by atoms with E-state index in [1.807, 2.05) is 12.1 Å². The van der Waals surface area contributed by atoms with Crippen molar-refractivity contribution in [3.8, 4) is 11.5 Å². The fourth-order valence-corrected chi connectivity index (χ4v) is 3.83. The van der Waals surface area contributed by atoms with E-state index in [1.54, 1.807) is 6.26 Å². The second kappa shape index (κ2) is 5.31. The van der Waals surface area contributed by atoms with Gasteiger partial charge < -0.3 is 4.42 Å². The van der Waals surface area contributed by atoms with Gasteiger partial charge in [0.05, 0.1) is 6.26 Å². The molecule has 22 heavy (non-hydrogen) atoms. The first-order chi connectivity index (χ1) is 10.7. The fraction of sp³-hybridized carbons (Fsp3) is 0.421. The largest absolute Gasteiger partial charge is 0.463 e. The molecule has 0 aromatic carbocycles. The van der Waals surface area contributed by atoms with Gasteiger partial charge in [-0.2, -0.15) is 0 Å². The van der Waals surface area contributed by atoms with E-state index in [0.717, 1.165) is 17.1 Å². The molecule has 0 N–H and O–H groups in total. The van der Waals surface area contributed by atoms with Crippen LogP contribution in [0.1, 0.15) is 54.8 Å². The molecule has 3 aromatic rings. The van der Waals surface area contributed by atoms with Crippen LogP contribution in [0.3, 0.4) is 0 Å². The molecule has 3 heterocycles. The molecule has 0 atom stereocenters. The van der Waals surface area contributed by atoms with Crippen LogP contribution in [-0.4, -0.2) is 9.38 Å². The molecule has 1 fully saturated rings. The summed E-state index contributed by atoms with van der Waals surface area (Å²) >= 11 is 0. The lowest BCUT2D eigenvalue weighted by molar-refractivity contribution is 0.443. The van der Waals surface area contributed by atoms with Gasteiger partial charge in [-0.25, -0.2) is 4.98 Å². The second-order valence-corrected chi connectivity index (χ2v) is 6.43. The van der Waals surface area contributed by atoms with Crippen LogP contribution in [0.5, 0.6) is 0 Å². The Morgan fingerprint density at radius 1 is 1.23 bits per heavy atom. The third-order valence-electron chi connectivity index (χ3n) is 4.86. The zero-order valence-electron chi connectivity index (χ0n) is 13.2. The van der Waals surface area contributed by atoms with Gasteiger partial charge in [0.15, 0.2) is 5.76 Å². The average molecular weight is 293 g/mol. The number of pyridine rings is 1. The summed E-state index contributed by atoms with van der Waals surface area (Å²) in [5.74, 6) is 1.42. The molecule has 3 aromatic heterocycles. The monoisotopic (exact) mass is 293 g/mol. The van der Waals surface area contributed by atoms with Gasteiger partial charge in [0, 0.05) is 11.3 Å². The normalized spacial score (nSPS) is 16.5. The van der Waals surface area contributed by atoms with E-state index in [9.17, 15) is 0 Å². The molecular weight excluding hydrogens is 272 g/mol. The number of rotatable bonds is 2. The van der Waals surface area contributed by atoms with E-state index in [4.69, 9.17) is 9.40 Å². The van der Waals surface area contributed by atoms with Crippen LogP contribution in [0.2, 0.25) is 0 Å². The van der Waals surface area contributed by atoms with Gasteiger partial charge in [-0.15, -0.1) is 0 Å². The molecular formula is C19H21N2O. The van der Waals surface area contributed by atoms with Crippen LogP contribution < -0.4 is 0 Å². The number of furan rings is 1. The van der Waals surface area contributed by atoms with Crippen LogP contribution in [0.4, 0.5) is 0 Å². The first kappa shape index (κ1) is 13.6. The first-order valence-electron chi connectivity index (χ1n) is 8.20. The highest BCUT2D eigenvalue weighted by molar-refractivity contribution is 5.62. The molecule has 1 saturated carbocycles. The van der Waals surface area contributed by atoms with Gasteiger partial charge in [0.2, 0.25) is 0 Å². The summed E-state index contributed by atoms with van der Waals surface area (Å²) in [4.78, 5) is 4.87. The minimum atomic E-state index is 0.636. The molecule has 0 unspecified atom stereocenters. The Hall–Kier alpha value is -2.03. The lowest BCUT2D eigenvalue weighted by Gasteiger charge is -2.24. The molecule has 0 aliphatic heterocycles. The molecule has 0 amide bonds. The van der Waals surface area contributed by atoms with Crippen molar-refractivity contribution in [1.29, 1.82) is 0 Å². The maximum Gasteiger partial charge on any atom is 0.154 e. The molecule has 0 bridgehead atoms. The quantitative estimate of drug-likeness (QED) is 0.661. The molecule has 3 heteroatoms. The van der Waals surface area contributed by atoms with Crippen molar-refractivity contribution in [2.24, 2.45) is 0 Å². The number of fused-ring (bicyclic) bond motifs is 1. The zero-order chi connectivity index (χ0) is 15.1. The average Bonchev–Trinajstić information content (AvgIpc) is 3.17. The van der Waals surface area contributed by atoms with Gasteiger partial charge in [0.25, 0.3) is 0 Å². The third kappa shape index (κ3) is 2.16. The molecule has 4 rings (SSSR count). The van der Waals surface area contributed by atoms with E-state index < -0.39 is 0 Å². The van der Waals surface area contributed by atoms with Crippen LogP contribution in [0.25, 0.3) is 17.1 Å². The second-order valence-electron chi connectivity index (χ2n) is 6.43. The van der Waals surface area contributed by atoms with Gasteiger partial charge >= 0.3 is 0 Å². The Morgan fingerprint density at radius 3 is 2.77 bits per heavy atom. The van der Waals surface area contributed by atoms with E-state index in [1.165, 1.54) is 48.9 Å². The molecule has 3 nitrogen and oxygen atoms in total. The van der Waals surface area contributed by atoms with Gasteiger partial charge in [-0.1, -0.05) is 19.3 Å². The number of imidazole rings is 1. The van der Waals surface area contributed by atoms with Crippen LogP contribution in [-0.2, 0) is 0 Å².